The molecule has 5 nitrogen and oxygen atoms in total. The summed E-state index contributed by atoms with van der Waals surface area (Å²) in [6.07, 6.45) is 4.17. The van der Waals surface area contributed by atoms with Gasteiger partial charge in [-0.25, -0.2) is 8.78 Å². The number of unbranched alkanes of at least 4 members (excludes halogenated alkanes) is 1. The van der Waals surface area contributed by atoms with E-state index in [1.54, 1.807) is 9.80 Å². The number of rotatable bonds is 7. The largest absolute Gasteiger partial charge is 0.372 e. The average Bonchev–Trinajstić information content (AvgIpc) is 3.11. The Bertz CT molecular complexity index is 728. The van der Waals surface area contributed by atoms with E-state index in [0.29, 0.717) is 38.2 Å². The second-order valence-corrected chi connectivity index (χ2v) is 7.83. The molecule has 2 amide bonds. The van der Waals surface area contributed by atoms with Crippen LogP contribution in [0.25, 0.3) is 0 Å². The minimum atomic E-state index is -0.905. The summed E-state index contributed by atoms with van der Waals surface area (Å²) < 4.78 is 32.0. The second-order valence-electron chi connectivity index (χ2n) is 7.83. The SMILES string of the molecule is CCCCOCC(=O)N1CC[C@@]2(CCCN(Cc3ccc(F)c(F)c3)C2=O)C1. The smallest absolute Gasteiger partial charge is 0.248 e. The zero-order valence-electron chi connectivity index (χ0n) is 16.4. The molecule has 154 valence electrons. The summed E-state index contributed by atoms with van der Waals surface area (Å²) >= 11 is 0. The summed E-state index contributed by atoms with van der Waals surface area (Å²) in [7, 11) is 0. The minimum Gasteiger partial charge on any atom is -0.372 e. The predicted octanol–water partition coefficient (Wildman–Crippen LogP) is 3.12. The highest BCUT2D eigenvalue weighted by molar-refractivity contribution is 5.86. The average molecular weight is 394 g/mol. The number of amides is 2. The van der Waals surface area contributed by atoms with Gasteiger partial charge in [0, 0.05) is 32.8 Å². The van der Waals surface area contributed by atoms with Crippen LogP contribution < -0.4 is 0 Å². The maximum absolute atomic E-state index is 13.5. The number of ether oxygens (including phenoxy) is 1. The monoisotopic (exact) mass is 394 g/mol. The van der Waals surface area contributed by atoms with Crippen molar-refractivity contribution in [2.24, 2.45) is 5.41 Å². The molecule has 28 heavy (non-hydrogen) atoms. The second kappa shape index (κ2) is 8.99. The van der Waals surface area contributed by atoms with Crippen LogP contribution in [0, 0.1) is 17.0 Å². The van der Waals surface area contributed by atoms with E-state index in [2.05, 4.69) is 6.92 Å². The highest BCUT2D eigenvalue weighted by atomic mass is 19.2. The van der Waals surface area contributed by atoms with Gasteiger partial charge in [-0.2, -0.15) is 0 Å². The maximum atomic E-state index is 13.5. The van der Waals surface area contributed by atoms with Gasteiger partial charge in [-0.3, -0.25) is 9.59 Å². The van der Waals surface area contributed by atoms with Crippen molar-refractivity contribution in [1.82, 2.24) is 9.80 Å². The molecule has 1 aromatic rings. The maximum Gasteiger partial charge on any atom is 0.248 e. The van der Waals surface area contributed by atoms with Crippen molar-refractivity contribution in [2.45, 2.75) is 45.6 Å². The fourth-order valence-electron chi connectivity index (χ4n) is 4.12. The topological polar surface area (TPSA) is 49.9 Å². The molecular formula is C21H28F2N2O3. The van der Waals surface area contributed by atoms with Gasteiger partial charge in [-0.1, -0.05) is 19.4 Å². The Hall–Kier alpha value is -2.02. The molecule has 0 unspecified atom stereocenters. The summed E-state index contributed by atoms with van der Waals surface area (Å²) in [4.78, 5) is 29.0. The lowest BCUT2D eigenvalue weighted by atomic mass is 9.78. The highest BCUT2D eigenvalue weighted by Gasteiger charge is 2.49. The molecule has 0 radical (unpaired) electrons. The Balaban J connectivity index is 1.60. The minimum absolute atomic E-state index is 0.00526. The van der Waals surface area contributed by atoms with Crippen LogP contribution in [0.3, 0.4) is 0 Å². The van der Waals surface area contributed by atoms with E-state index in [-0.39, 0.29) is 25.0 Å². The van der Waals surface area contributed by atoms with Crippen LogP contribution in [0.4, 0.5) is 8.78 Å². The molecule has 0 bridgehead atoms. The third kappa shape index (κ3) is 4.51. The lowest BCUT2D eigenvalue weighted by Crippen LogP contribution is -2.50. The summed E-state index contributed by atoms with van der Waals surface area (Å²) in [6.45, 7) is 4.51. The van der Waals surface area contributed by atoms with Gasteiger partial charge in [-0.15, -0.1) is 0 Å². The highest BCUT2D eigenvalue weighted by Crippen LogP contribution is 2.40. The first-order valence-electron chi connectivity index (χ1n) is 10.0. The Labute approximate surface area is 164 Å². The predicted molar refractivity (Wildman–Crippen MR) is 100 cm³/mol. The lowest BCUT2D eigenvalue weighted by Gasteiger charge is -2.39. The van der Waals surface area contributed by atoms with Gasteiger partial charge < -0.3 is 14.5 Å². The molecule has 2 saturated heterocycles. The van der Waals surface area contributed by atoms with Crippen molar-refractivity contribution in [3.8, 4) is 0 Å². The van der Waals surface area contributed by atoms with Crippen molar-refractivity contribution < 1.29 is 23.1 Å². The Morgan fingerprint density at radius 1 is 1.21 bits per heavy atom. The number of carbonyl (C=O) groups is 2. The molecule has 1 atom stereocenters. The number of carbonyl (C=O) groups excluding carboxylic acids is 2. The van der Waals surface area contributed by atoms with Crippen LogP contribution >= 0.6 is 0 Å². The van der Waals surface area contributed by atoms with Crippen molar-refractivity contribution in [2.75, 3.05) is 32.8 Å². The van der Waals surface area contributed by atoms with Crippen molar-refractivity contribution in [1.29, 1.82) is 0 Å². The van der Waals surface area contributed by atoms with E-state index < -0.39 is 17.0 Å². The zero-order valence-corrected chi connectivity index (χ0v) is 16.4. The van der Waals surface area contributed by atoms with Gasteiger partial charge in [-0.05, 0) is 43.4 Å². The molecule has 0 N–H and O–H groups in total. The number of halogens is 2. The number of piperidine rings is 1. The van der Waals surface area contributed by atoms with Crippen LogP contribution in [-0.2, 0) is 20.9 Å². The number of nitrogens with zero attached hydrogens (tertiary/aromatic N) is 2. The Morgan fingerprint density at radius 2 is 2.04 bits per heavy atom. The van der Waals surface area contributed by atoms with Crippen molar-refractivity contribution in [3.05, 3.63) is 35.4 Å². The van der Waals surface area contributed by atoms with E-state index in [4.69, 9.17) is 4.74 Å². The number of hydrogen-bond donors (Lipinski definition) is 0. The van der Waals surface area contributed by atoms with Crippen LogP contribution in [-0.4, -0.2) is 54.5 Å². The van der Waals surface area contributed by atoms with E-state index in [1.165, 1.54) is 6.07 Å². The van der Waals surface area contributed by atoms with Crippen LogP contribution in [0.5, 0.6) is 0 Å². The normalized spacial score (nSPS) is 22.3. The quantitative estimate of drug-likeness (QED) is 0.668. The lowest BCUT2D eigenvalue weighted by molar-refractivity contribution is -0.147. The van der Waals surface area contributed by atoms with Crippen molar-refractivity contribution in [3.63, 3.8) is 0 Å². The molecule has 2 aliphatic rings. The van der Waals surface area contributed by atoms with Gasteiger partial charge in [0.15, 0.2) is 11.6 Å². The Kier molecular flexibility index (Phi) is 6.65. The summed E-state index contributed by atoms with van der Waals surface area (Å²) in [5.74, 6) is -1.86. The van der Waals surface area contributed by atoms with E-state index >= 15 is 0 Å². The van der Waals surface area contributed by atoms with Gasteiger partial charge >= 0.3 is 0 Å². The van der Waals surface area contributed by atoms with E-state index in [1.807, 2.05) is 0 Å². The summed E-state index contributed by atoms with van der Waals surface area (Å²) in [5.41, 5.74) is 0.00941. The van der Waals surface area contributed by atoms with Crippen LogP contribution in [0.15, 0.2) is 18.2 Å². The molecule has 2 heterocycles. The number of benzene rings is 1. The molecule has 0 aromatic heterocycles. The molecular weight excluding hydrogens is 366 g/mol. The van der Waals surface area contributed by atoms with E-state index in [9.17, 15) is 18.4 Å². The van der Waals surface area contributed by atoms with Gasteiger partial charge in [0.2, 0.25) is 11.8 Å². The fraction of sp³-hybridized carbons (Fsp3) is 0.619. The Morgan fingerprint density at radius 3 is 2.79 bits per heavy atom. The molecule has 1 aromatic carbocycles. The molecule has 0 saturated carbocycles. The molecule has 3 rings (SSSR count). The first kappa shape index (κ1) is 20.7. The zero-order chi connectivity index (χ0) is 20.1. The van der Waals surface area contributed by atoms with Crippen LogP contribution in [0.1, 0.15) is 44.6 Å². The van der Waals surface area contributed by atoms with Crippen LogP contribution in [0.2, 0.25) is 0 Å². The number of hydrogen-bond acceptors (Lipinski definition) is 3. The molecule has 1 spiro atoms. The molecule has 7 heteroatoms. The van der Waals surface area contributed by atoms with E-state index in [0.717, 1.165) is 37.8 Å². The summed E-state index contributed by atoms with van der Waals surface area (Å²) in [5, 5.41) is 0. The van der Waals surface area contributed by atoms with Gasteiger partial charge in [0.05, 0.1) is 5.41 Å². The van der Waals surface area contributed by atoms with Crippen molar-refractivity contribution >= 4 is 11.8 Å². The molecule has 0 aliphatic carbocycles. The third-order valence-corrected chi connectivity index (χ3v) is 5.76. The molecule has 2 fully saturated rings. The molecule has 2 aliphatic heterocycles. The summed E-state index contributed by atoms with van der Waals surface area (Å²) in [6, 6.07) is 3.73. The number of likely N-dealkylation sites (tertiary alicyclic amines) is 2. The standard InChI is InChI=1S/C21H28F2N2O3/c1-2-3-11-28-14-19(26)25-10-8-21(15-25)7-4-9-24(20(21)27)13-16-5-6-17(22)18(23)12-16/h5-6,12H,2-4,7-11,13-15H2,1H3/t21-/m0/s1. The first-order valence-corrected chi connectivity index (χ1v) is 10.0. The third-order valence-electron chi connectivity index (χ3n) is 5.76. The fourth-order valence-corrected chi connectivity index (χ4v) is 4.12. The van der Waals surface area contributed by atoms with Gasteiger partial charge in [0.1, 0.15) is 6.61 Å². The van der Waals surface area contributed by atoms with Gasteiger partial charge in [0.25, 0.3) is 0 Å². The first-order chi connectivity index (χ1) is 13.4.